The Bertz CT molecular complexity index is 603. The summed E-state index contributed by atoms with van der Waals surface area (Å²) in [7, 11) is 0. The number of rotatable bonds is 3. The van der Waals surface area contributed by atoms with Crippen LogP contribution >= 0.6 is 11.8 Å². The molecule has 100 valence electrons. The molecule has 0 spiro atoms. The van der Waals surface area contributed by atoms with Gasteiger partial charge in [-0.05, 0) is 25.0 Å². The second-order valence-corrected chi connectivity index (χ2v) is 6.17. The second-order valence-electron chi connectivity index (χ2n) is 4.88. The Morgan fingerprint density at radius 2 is 2.11 bits per heavy atom. The standard InChI is InChI=1S/C14H16N2O2S/c17-14(18)12-13(19-10-6-2-1-3-7-10)15-11-8-4-5-9-16(11)12/h4-5,8-10H,1-3,6-7H2,(H,17,18). The van der Waals surface area contributed by atoms with Crippen molar-refractivity contribution in [2.45, 2.75) is 42.4 Å². The number of imidazole rings is 1. The first-order valence-electron chi connectivity index (χ1n) is 6.63. The molecule has 0 saturated heterocycles. The summed E-state index contributed by atoms with van der Waals surface area (Å²) < 4.78 is 1.66. The highest BCUT2D eigenvalue weighted by molar-refractivity contribution is 7.99. The number of carboxylic acid groups (broad SMARTS) is 1. The molecule has 0 aliphatic heterocycles. The molecule has 0 aromatic carbocycles. The van der Waals surface area contributed by atoms with Crippen LogP contribution < -0.4 is 0 Å². The quantitative estimate of drug-likeness (QED) is 0.932. The molecule has 1 fully saturated rings. The van der Waals surface area contributed by atoms with E-state index in [4.69, 9.17) is 0 Å². The summed E-state index contributed by atoms with van der Waals surface area (Å²) in [5.41, 5.74) is 1.00. The maximum absolute atomic E-state index is 11.5. The molecule has 2 aromatic heterocycles. The first-order chi connectivity index (χ1) is 9.25. The maximum atomic E-state index is 11.5. The lowest BCUT2D eigenvalue weighted by Crippen LogP contribution is -2.09. The van der Waals surface area contributed by atoms with Crippen LogP contribution in [0.1, 0.15) is 42.6 Å². The van der Waals surface area contributed by atoms with Crippen molar-refractivity contribution in [3.8, 4) is 0 Å². The molecule has 0 atom stereocenters. The van der Waals surface area contributed by atoms with Crippen molar-refractivity contribution in [1.82, 2.24) is 9.38 Å². The fourth-order valence-corrected chi connectivity index (χ4v) is 3.92. The zero-order valence-corrected chi connectivity index (χ0v) is 11.4. The lowest BCUT2D eigenvalue weighted by atomic mass is 10.0. The zero-order chi connectivity index (χ0) is 13.2. The van der Waals surface area contributed by atoms with Crippen LogP contribution in [-0.2, 0) is 0 Å². The van der Waals surface area contributed by atoms with Crippen molar-refractivity contribution in [2.24, 2.45) is 0 Å². The first-order valence-corrected chi connectivity index (χ1v) is 7.51. The molecule has 1 aliphatic carbocycles. The topological polar surface area (TPSA) is 54.6 Å². The van der Waals surface area contributed by atoms with Gasteiger partial charge in [-0.15, -0.1) is 11.8 Å². The summed E-state index contributed by atoms with van der Waals surface area (Å²) in [5.74, 6) is -0.906. The van der Waals surface area contributed by atoms with Crippen LogP contribution in [0, 0.1) is 0 Å². The average molecular weight is 276 g/mol. The SMILES string of the molecule is O=C(O)c1c(SC2CCCCC2)nc2ccccn12. The molecule has 0 radical (unpaired) electrons. The van der Waals surface area contributed by atoms with Gasteiger partial charge in [0.25, 0.3) is 0 Å². The predicted octanol–water partition coefficient (Wildman–Crippen LogP) is 3.46. The maximum Gasteiger partial charge on any atom is 0.355 e. The van der Waals surface area contributed by atoms with Gasteiger partial charge >= 0.3 is 5.97 Å². The minimum Gasteiger partial charge on any atom is -0.476 e. The van der Waals surface area contributed by atoms with Gasteiger partial charge in [-0.1, -0.05) is 25.3 Å². The highest BCUT2D eigenvalue weighted by atomic mass is 32.2. The Balaban J connectivity index is 1.97. The van der Waals surface area contributed by atoms with Crippen molar-refractivity contribution in [3.05, 3.63) is 30.1 Å². The summed E-state index contributed by atoms with van der Waals surface area (Å²) in [6, 6.07) is 5.55. The van der Waals surface area contributed by atoms with E-state index in [1.807, 2.05) is 18.2 Å². The minimum absolute atomic E-state index is 0.297. The third-order valence-electron chi connectivity index (χ3n) is 3.53. The van der Waals surface area contributed by atoms with Crippen LogP contribution in [0.2, 0.25) is 0 Å². The van der Waals surface area contributed by atoms with Gasteiger partial charge in [0.2, 0.25) is 0 Å². The fraction of sp³-hybridized carbons (Fsp3) is 0.429. The number of carboxylic acids is 1. The van der Waals surface area contributed by atoms with Crippen molar-refractivity contribution in [1.29, 1.82) is 0 Å². The van der Waals surface area contributed by atoms with Crippen molar-refractivity contribution in [3.63, 3.8) is 0 Å². The molecular weight excluding hydrogens is 260 g/mol. The largest absolute Gasteiger partial charge is 0.476 e. The van der Waals surface area contributed by atoms with E-state index in [0.717, 1.165) is 12.8 Å². The highest BCUT2D eigenvalue weighted by Crippen LogP contribution is 2.35. The fourth-order valence-electron chi connectivity index (χ4n) is 2.59. The predicted molar refractivity (Wildman–Crippen MR) is 74.9 cm³/mol. The molecule has 1 aliphatic rings. The lowest BCUT2D eigenvalue weighted by Gasteiger charge is -2.19. The Morgan fingerprint density at radius 3 is 2.84 bits per heavy atom. The summed E-state index contributed by atoms with van der Waals surface area (Å²) in [5, 5.41) is 10.6. The van der Waals surface area contributed by atoms with Gasteiger partial charge in [0.05, 0.1) is 0 Å². The molecule has 5 heteroatoms. The van der Waals surface area contributed by atoms with Gasteiger partial charge in [0.15, 0.2) is 5.69 Å². The lowest BCUT2D eigenvalue weighted by molar-refractivity contribution is 0.0685. The van der Waals surface area contributed by atoms with E-state index in [1.54, 1.807) is 22.4 Å². The van der Waals surface area contributed by atoms with Crippen LogP contribution in [0.15, 0.2) is 29.4 Å². The van der Waals surface area contributed by atoms with E-state index in [-0.39, 0.29) is 0 Å². The normalized spacial score (nSPS) is 16.8. The van der Waals surface area contributed by atoms with Crippen LogP contribution in [0.5, 0.6) is 0 Å². The van der Waals surface area contributed by atoms with Crippen LogP contribution in [0.4, 0.5) is 0 Å². The van der Waals surface area contributed by atoms with E-state index in [2.05, 4.69) is 4.98 Å². The number of carbonyl (C=O) groups is 1. The molecule has 3 rings (SSSR count). The average Bonchev–Trinajstić information content (AvgIpc) is 2.77. The number of aromatic nitrogens is 2. The number of hydrogen-bond acceptors (Lipinski definition) is 3. The van der Waals surface area contributed by atoms with Crippen molar-refractivity contribution in [2.75, 3.05) is 0 Å². The highest BCUT2D eigenvalue weighted by Gasteiger charge is 2.23. The number of pyridine rings is 1. The zero-order valence-electron chi connectivity index (χ0n) is 10.6. The Kier molecular flexibility index (Phi) is 3.46. The Morgan fingerprint density at radius 1 is 1.32 bits per heavy atom. The number of nitrogens with zero attached hydrogens (tertiary/aromatic N) is 2. The van der Waals surface area contributed by atoms with E-state index < -0.39 is 5.97 Å². The third kappa shape index (κ3) is 2.47. The molecular formula is C14H16N2O2S. The summed E-state index contributed by atoms with van der Waals surface area (Å²) in [4.78, 5) is 15.9. The Hall–Kier alpha value is -1.49. The van der Waals surface area contributed by atoms with E-state index >= 15 is 0 Å². The van der Waals surface area contributed by atoms with Gasteiger partial charge in [0, 0.05) is 11.4 Å². The monoisotopic (exact) mass is 276 g/mol. The van der Waals surface area contributed by atoms with Crippen LogP contribution in [-0.4, -0.2) is 25.7 Å². The molecule has 2 heterocycles. The van der Waals surface area contributed by atoms with Crippen LogP contribution in [0.25, 0.3) is 5.65 Å². The van der Waals surface area contributed by atoms with E-state index in [9.17, 15) is 9.90 Å². The molecule has 0 amide bonds. The number of thioether (sulfide) groups is 1. The van der Waals surface area contributed by atoms with E-state index in [1.165, 1.54) is 19.3 Å². The molecule has 19 heavy (non-hydrogen) atoms. The van der Waals surface area contributed by atoms with Gasteiger partial charge in [-0.3, -0.25) is 4.40 Å². The molecule has 2 aromatic rings. The van der Waals surface area contributed by atoms with Gasteiger partial charge in [-0.2, -0.15) is 0 Å². The number of fused-ring (bicyclic) bond motifs is 1. The van der Waals surface area contributed by atoms with E-state index in [0.29, 0.717) is 21.6 Å². The second kappa shape index (κ2) is 5.25. The molecule has 1 N–H and O–H groups in total. The number of aromatic carboxylic acids is 1. The van der Waals surface area contributed by atoms with Gasteiger partial charge in [-0.25, -0.2) is 9.78 Å². The third-order valence-corrected chi connectivity index (χ3v) is 4.84. The summed E-state index contributed by atoms with van der Waals surface area (Å²) in [6.45, 7) is 0. The molecule has 1 saturated carbocycles. The first kappa shape index (κ1) is 12.5. The Labute approximate surface area is 115 Å². The number of hydrogen-bond donors (Lipinski definition) is 1. The summed E-state index contributed by atoms with van der Waals surface area (Å²) >= 11 is 1.63. The summed E-state index contributed by atoms with van der Waals surface area (Å²) in [6.07, 6.45) is 7.88. The molecule has 0 unspecified atom stereocenters. The van der Waals surface area contributed by atoms with Gasteiger partial charge in [0.1, 0.15) is 10.7 Å². The minimum atomic E-state index is -0.906. The van der Waals surface area contributed by atoms with Gasteiger partial charge < -0.3 is 5.11 Å². The smallest absolute Gasteiger partial charge is 0.355 e. The van der Waals surface area contributed by atoms with Crippen molar-refractivity contribution >= 4 is 23.4 Å². The molecule has 0 bridgehead atoms. The molecule has 4 nitrogen and oxygen atoms in total. The van der Waals surface area contributed by atoms with Crippen molar-refractivity contribution < 1.29 is 9.90 Å². The van der Waals surface area contributed by atoms with Crippen LogP contribution in [0.3, 0.4) is 0 Å².